The van der Waals surface area contributed by atoms with E-state index in [-0.39, 0.29) is 6.61 Å². The van der Waals surface area contributed by atoms with Crippen LogP contribution in [0.2, 0.25) is 0 Å². The maximum atomic E-state index is 13.3. The average Bonchev–Trinajstić information content (AvgIpc) is 2.57. The summed E-state index contributed by atoms with van der Waals surface area (Å²) in [5.41, 5.74) is 2.34. The van der Waals surface area contributed by atoms with Gasteiger partial charge in [-0.15, -0.1) is 0 Å². The van der Waals surface area contributed by atoms with E-state index in [0.717, 1.165) is 11.1 Å². The van der Waals surface area contributed by atoms with E-state index in [1.165, 1.54) is 6.07 Å². The van der Waals surface area contributed by atoms with Crippen LogP contribution in [-0.2, 0) is 19.7 Å². The van der Waals surface area contributed by atoms with Crippen LogP contribution in [0, 0.1) is 5.82 Å². The molecule has 0 aromatic heterocycles. The second kappa shape index (κ2) is 8.14. The van der Waals surface area contributed by atoms with Crippen molar-refractivity contribution in [2.75, 3.05) is 7.05 Å². The Hall–Kier alpha value is -2.40. The first-order valence-electron chi connectivity index (χ1n) is 7.09. The molecule has 3 N–H and O–H groups in total. The first-order valence-corrected chi connectivity index (χ1v) is 7.09. The quantitative estimate of drug-likeness (QED) is 0.586. The number of hydrogen-bond donors (Lipinski definition) is 3. The normalized spacial score (nSPS) is 11.3. The minimum absolute atomic E-state index is 0.298. The SMILES string of the molecule is CN=C(NCc1ccccc1)NCc1ccc(F)c(CO)c1. The second-order valence-corrected chi connectivity index (χ2v) is 4.85. The van der Waals surface area contributed by atoms with E-state index in [1.54, 1.807) is 19.2 Å². The van der Waals surface area contributed by atoms with Crippen LogP contribution in [0.5, 0.6) is 0 Å². The van der Waals surface area contributed by atoms with E-state index in [4.69, 9.17) is 5.11 Å². The molecule has 0 spiro atoms. The lowest BCUT2D eigenvalue weighted by Crippen LogP contribution is -2.36. The lowest BCUT2D eigenvalue weighted by Gasteiger charge is -2.12. The van der Waals surface area contributed by atoms with Crippen molar-refractivity contribution < 1.29 is 9.50 Å². The fraction of sp³-hybridized carbons (Fsp3) is 0.235. The minimum Gasteiger partial charge on any atom is -0.392 e. The molecular weight excluding hydrogens is 281 g/mol. The molecule has 2 aromatic rings. The number of halogens is 1. The minimum atomic E-state index is -0.391. The van der Waals surface area contributed by atoms with Crippen LogP contribution in [0.3, 0.4) is 0 Å². The number of aliphatic hydroxyl groups excluding tert-OH is 1. The number of benzene rings is 2. The highest BCUT2D eigenvalue weighted by Crippen LogP contribution is 2.10. The Morgan fingerprint density at radius 2 is 1.73 bits per heavy atom. The van der Waals surface area contributed by atoms with Gasteiger partial charge in [-0.3, -0.25) is 4.99 Å². The van der Waals surface area contributed by atoms with Crippen molar-refractivity contribution in [3.8, 4) is 0 Å². The van der Waals surface area contributed by atoms with Crippen LogP contribution in [-0.4, -0.2) is 18.1 Å². The van der Waals surface area contributed by atoms with Crippen molar-refractivity contribution >= 4 is 5.96 Å². The van der Waals surface area contributed by atoms with Gasteiger partial charge >= 0.3 is 0 Å². The number of hydrogen-bond acceptors (Lipinski definition) is 2. The molecule has 2 aromatic carbocycles. The molecule has 0 saturated carbocycles. The van der Waals surface area contributed by atoms with Gasteiger partial charge in [0.25, 0.3) is 0 Å². The molecule has 2 rings (SSSR count). The Balaban J connectivity index is 1.88. The smallest absolute Gasteiger partial charge is 0.191 e. The molecular formula is C17H20FN3O. The molecule has 0 saturated heterocycles. The summed E-state index contributed by atoms with van der Waals surface area (Å²) in [5, 5.41) is 15.5. The molecule has 116 valence electrons. The summed E-state index contributed by atoms with van der Waals surface area (Å²) in [7, 11) is 1.70. The second-order valence-electron chi connectivity index (χ2n) is 4.85. The lowest BCUT2D eigenvalue weighted by molar-refractivity contribution is 0.275. The van der Waals surface area contributed by atoms with Gasteiger partial charge in [0.15, 0.2) is 5.96 Å². The highest BCUT2D eigenvalue weighted by atomic mass is 19.1. The summed E-state index contributed by atoms with van der Waals surface area (Å²) in [6.07, 6.45) is 0. The van der Waals surface area contributed by atoms with Crippen LogP contribution < -0.4 is 10.6 Å². The zero-order chi connectivity index (χ0) is 15.8. The summed E-state index contributed by atoms with van der Waals surface area (Å²) in [6, 6.07) is 14.7. The van der Waals surface area contributed by atoms with E-state index >= 15 is 0 Å². The van der Waals surface area contributed by atoms with Crippen molar-refractivity contribution in [2.24, 2.45) is 4.99 Å². The molecule has 0 atom stereocenters. The van der Waals surface area contributed by atoms with Gasteiger partial charge in [-0.25, -0.2) is 4.39 Å². The Morgan fingerprint density at radius 3 is 2.36 bits per heavy atom. The number of rotatable bonds is 5. The van der Waals surface area contributed by atoms with Gasteiger partial charge in [-0.2, -0.15) is 0 Å². The van der Waals surface area contributed by atoms with Gasteiger partial charge in [0.2, 0.25) is 0 Å². The summed E-state index contributed by atoms with van der Waals surface area (Å²) in [6.45, 7) is 0.869. The topological polar surface area (TPSA) is 56.7 Å². The molecule has 5 heteroatoms. The molecule has 0 unspecified atom stereocenters. The molecule has 22 heavy (non-hydrogen) atoms. The van der Waals surface area contributed by atoms with Crippen LogP contribution in [0.1, 0.15) is 16.7 Å². The fourth-order valence-electron chi connectivity index (χ4n) is 2.05. The van der Waals surface area contributed by atoms with Crippen LogP contribution in [0.25, 0.3) is 0 Å². The lowest BCUT2D eigenvalue weighted by atomic mass is 10.1. The van der Waals surface area contributed by atoms with Crippen LogP contribution in [0.4, 0.5) is 4.39 Å². The van der Waals surface area contributed by atoms with Crippen LogP contribution in [0.15, 0.2) is 53.5 Å². The highest BCUT2D eigenvalue weighted by molar-refractivity contribution is 5.79. The maximum Gasteiger partial charge on any atom is 0.191 e. The van der Waals surface area contributed by atoms with Gasteiger partial charge < -0.3 is 15.7 Å². The van der Waals surface area contributed by atoms with Gasteiger partial charge in [-0.05, 0) is 23.3 Å². The zero-order valence-electron chi connectivity index (χ0n) is 12.5. The Labute approximate surface area is 129 Å². The molecule has 0 heterocycles. The first-order chi connectivity index (χ1) is 10.7. The van der Waals surface area contributed by atoms with Crippen molar-refractivity contribution in [1.82, 2.24) is 10.6 Å². The molecule has 0 bridgehead atoms. The molecule has 0 aliphatic heterocycles. The highest BCUT2D eigenvalue weighted by Gasteiger charge is 2.03. The standard InChI is InChI=1S/C17H20FN3O/c1-19-17(20-10-13-5-3-2-4-6-13)21-11-14-7-8-16(18)15(9-14)12-22/h2-9,22H,10-12H2,1H3,(H2,19,20,21). The molecule has 0 radical (unpaired) electrons. The van der Waals surface area contributed by atoms with E-state index in [1.807, 2.05) is 30.3 Å². The fourth-order valence-corrected chi connectivity index (χ4v) is 2.05. The van der Waals surface area contributed by atoms with Gasteiger partial charge in [0.05, 0.1) is 6.61 Å². The number of aliphatic imine (C=N–C) groups is 1. The zero-order valence-corrected chi connectivity index (χ0v) is 12.5. The van der Waals surface area contributed by atoms with E-state index < -0.39 is 5.82 Å². The van der Waals surface area contributed by atoms with Gasteiger partial charge in [0.1, 0.15) is 5.82 Å². The first kappa shape index (κ1) is 16.0. The third kappa shape index (κ3) is 4.56. The molecule has 0 aliphatic rings. The Kier molecular flexibility index (Phi) is 5.91. The maximum absolute atomic E-state index is 13.3. The Morgan fingerprint density at radius 1 is 1.05 bits per heavy atom. The molecule has 4 nitrogen and oxygen atoms in total. The largest absolute Gasteiger partial charge is 0.392 e. The van der Waals surface area contributed by atoms with Crippen molar-refractivity contribution in [2.45, 2.75) is 19.7 Å². The molecule has 0 fully saturated rings. The summed E-state index contributed by atoms with van der Waals surface area (Å²) >= 11 is 0. The monoisotopic (exact) mass is 301 g/mol. The third-order valence-electron chi connectivity index (χ3n) is 3.27. The third-order valence-corrected chi connectivity index (χ3v) is 3.27. The Bertz CT molecular complexity index is 629. The van der Waals surface area contributed by atoms with Crippen LogP contribution >= 0.6 is 0 Å². The van der Waals surface area contributed by atoms with E-state index in [0.29, 0.717) is 24.6 Å². The predicted octanol–water partition coefficient (Wildman–Crippen LogP) is 2.18. The number of nitrogens with one attached hydrogen (secondary N) is 2. The van der Waals surface area contributed by atoms with Crippen molar-refractivity contribution in [3.63, 3.8) is 0 Å². The summed E-state index contributed by atoms with van der Waals surface area (Å²) in [4.78, 5) is 4.15. The van der Waals surface area contributed by atoms with Gasteiger partial charge in [0, 0.05) is 25.7 Å². The van der Waals surface area contributed by atoms with E-state index in [2.05, 4.69) is 15.6 Å². The number of nitrogens with zero attached hydrogens (tertiary/aromatic N) is 1. The van der Waals surface area contributed by atoms with Gasteiger partial charge in [-0.1, -0.05) is 36.4 Å². The number of guanidine groups is 1. The van der Waals surface area contributed by atoms with Crippen molar-refractivity contribution in [1.29, 1.82) is 0 Å². The molecule has 0 amide bonds. The van der Waals surface area contributed by atoms with E-state index in [9.17, 15) is 4.39 Å². The summed E-state index contributed by atoms with van der Waals surface area (Å²) < 4.78 is 13.3. The predicted molar refractivity (Wildman–Crippen MR) is 85.8 cm³/mol. The molecule has 0 aliphatic carbocycles. The number of aliphatic hydroxyl groups is 1. The van der Waals surface area contributed by atoms with Crippen molar-refractivity contribution in [3.05, 3.63) is 71.0 Å². The average molecular weight is 301 g/mol. The summed E-state index contributed by atoms with van der Waals surface area (Å²) in [5.74, 6) is 0.275.